The molecule has 1 saturated heterocycles. The Morgan fingerprint density at radius 3 is 2.11 bits per heavy atom. The fourth-order valence-electron chi connectivity index (χ4n) is 4.43. The molecule has 4 amide bonds. The number of ether oxygens (including phenoxy) is 3. The van der Waals surface area contributed by atoms with Crippen LogP contribution in [0.3, 0.4) is 0 Å². The number of carbonyl (C=O) groups is 3. The van der Waals surface area contributed by atoms with E-state index in [2.05, 4.69) is 5.32 Å². The van der Waals surface area contributed by atoms with Crippen molar-refractivity contribution in [2.75, 3.05) is 24.7 Å². The Bertz CT molecular complexity index is 1400. The highest BCUT2D eigenvalue weighted by Gasteiger charge is 2.38. The van der Waals surface area contributed by atoms with Crippen molar-refractivity contribution >= 4 is 29.6 Å². The van der Waals surface area contributed by atoms with Crippen LogP contribution < -0.4 is 24.4 Å². The highest BCUT2D eigenvalue weighted by Crippen LogP contribution is 2.35. The lowest BCUT2D eigenvalue weighted by Crippen LogP contribution is -2.54. The lowest BCUT2D eigenvalue weighted by Gasteiger charge is -2.28. The number of barbiturate groups is 1. The SMILES string of the molecule is CCOc1ccc(-n2c(C)cc(/C=C3\C(=O)NC(=O)N(c4cc(OCC)ccc4OCC)C3=O)c2C)cc1. The number of carbonyl (C=O) groups excluding carboxylic acids is 3. The van der Waals surface area contributed by atoms with E-state index in [1.165, 1.54) is 6.08 Å². The lowest BCUT2D eigenvalue weighted by molar-refractivity contribution is -0.122. The maximum absolute atomic E-state index is 13.6. The van der Waals surface area contributed by atoms with Crippen molar-refractivity contribution in [1.82, 2.24) is 9.88 Å². The van der Waals surface area contributed by atoms with E-state index in [-0.39, 0.29) is 11.3 Å². The first kappa shape index (κ1) is 26.5. The number of imide groups is 2. The number of aromatic nitrogens is 1. The van der Waals surface area contributed by atoms with E-state index in [9.17, 15) is 14.4 Å². The number of hydrogen-bond donors (Lipinski definition) is 1. The molecule has 0 spiro atoms. The highest BCUT2D eigenvalue weighted by molar-refractivity contribution is 6.39. The number of anilines is 1. The fraction of sp³-hybridized carbons (Fsp3) is 0.276. The van der Waals surface area contributed by atoms with Crippen molar-refractivity contribution < 1.29 is 28.6 Å². The third-order valence-electron chi connectivity index (χ3n) is 6.06. The first-order valence-corrected chi connectivity index (χ1v) is 12.5. The van der Waals surface area contributed by atoms with Crippen molar-refractivity contribution in [2.45, 2.75) is 34.6 Å². The standard InChI is InChI=1S/C29H31N3O6/c1-6-36-22-11-9-21(10-12-22)31-18(4)15-20(19(31)5)16-24-27(33)30-29(35)32(28(24)34)25-17-23(37-7-2)13-14-26(25)38-8-3/h9-17H,6-8H2,1-5H3,(H,30,33,35)/b24-16+. The zero-order valence-corrected chi connectivity index (χ0v) is 22.2. The van der Waals surface area contributed by atoms with Crippen LogP contribution in [0.5, 0.6) is 17.2 Å². The average Bonchev–Trinajstić information content (AvgIpc) is 3.16. The molecule has 0 atom stereocenters. The van der Waals surface area contributed by atoms with Gasteiger partial charge in [-0.25, -0.2) is 9.69 Å². The summed E-state index contributed by atoms with van der Waals surface area (Å²) in [4.78, 5) is 40.2. The van der Waals surface area contributed by atoms with Gasteiger partial charge >= 0.3 is 6.03 Å². The maximum atomic E-state index is 13.6. The number of nitrogens with zero attached hydrogens (tertiary/aromatic N) is 2. The second-order valence-corrected chi connectivity index (χ2v) is 8.54. The molecule has 2 aromatic carbocycles. The van der Waals surface area contributed by atoms with Crippen LogP contribution in [0.2, 0.25) is 0 Å². The van der Waals surface area contributed by atoms with E-state index in [4.69, 9.17) is 14.2 Å². The zero-order valence-electron chi connectivity index (χ0n) is 22.2. The molecule has 9 heteroatoms. The van der Waals surface area contributed by atoms with Gasteiger partial charge in [-0.3, -0.25) is 14.9 Å². The summed E-state index contributed by atoms with van der Waals surface area (Å²) >= 11 is 0. The number of nitrogens with one attached hydrogen (secondary N) is 1. The summed E-state index contributed by atoms with van der Waals surface area (Å²) < 4.78 is 18.8. The Labute approximate surface area is 221 Å². The molecule has 0 saturated carbocycles. The van der Waals surface area contributed by atoms with Crippen LogP contribution in [0.4, 0.5) is 10.5 Å². The Hall–Kier alpha value is -4.53. The molecule has 0 aliphatic carbocycles. The van der Waals surface area contributed by atoms with E-state index in [1.54, 1.807) is 25.1 Å². The fourth-order valence-corrected chi connectivity index (χ4v) is 4.43. The molecule has 2 heterocycles. The van der Waals surface area contributed by atoms with Gasteiger partial charge in [-0.1, -0.05) is 0 Å². The minimum Gasteiger partial charge on any atom is -0.494 e. The first-order valence-electron chi connectivity index (χ1n) is 12.5. The molecule has 1 aromatic heterocycles. The van der Waals surface area contributed by atoms with E-state index < -0.39 is 17.8 Å². The quantitative estimate of drug-likeness (QED) is 0.318. The van der Waals surface area contributed by atoms with E-state index >= 15 is 0 Å². The molecule has 1 N–H and O–H groups in total. The average molecular weight is 518 g/mol. The van der Waals surface area contributed by atoms with Gasteiger partial charge in [0.05, 0.1) is 25.5 Å². The molecule has 9 nitrogen and oxygen atoms in total. The number of rotatable bonds is 9. The monoisotopic (exact) mass is 517 g/mol. The second-order valence-electron chi connectivity index (χ2n) is 8.54. The van der Waals surface area contributed by atoms with Crippen LogP contribution >= 0.6 is 0 Å². The molecule has 198 valence electrons. The van der Waals surface area contributed by atoms with E-state index in [0.717, 1.165) is 27.7 Å². The number of hydrogen-bond acceptors (Lipinski definition) is 6. The lowest BCUT2D eigenvalue weighted by atomic mass is 10.1. The molecule has 4 rings (SSSR count). The summed E-state index contributed by atoms with van der Waals surface area (Å²) in [7, 11) is 0. The van der Waals surface area contributed by atoms with Crippen LogP contribution in [-0.2, 0) is 9.59 Å². The number of urea groups is 1. The van der Waals surface area contributed by atoms with Gasteiger partial charge < -0.3 is 18.8 Å². The summed E-state index contributed by atoms with van der Waals surface area (Å²) in [6.07, 6.45) is 1.51. The Morgan fingerprint density at radius 2 is 1.45 bits per heavy atom. The van der Waals surface area contributed by atoms with Gasteiger partial charge in [0, 0.05) is 23.1 Å². The summed E-state index contributed by atoms with van der Waals surface area (Å²) in [5.74, 6) is 0.0464. The summed E-state index contributed by atoms with van der Waals surface area (Å²) in [5.41, 5.74) is 3.37. The number of amides is 4. The van der Waals surface area contributed by atoms with Gasteiger partial charge in [0.15, 0.2) is 0 Å². The van der Waals surface area contributed by atoms with Gasteiger partial charge in [0.1, 0.15) is 22.8 Å². The third kappa shape index (κ3) is 5.13. The molecule has 38 heavy (non-hydrogen) atoms. The zero-order chi connectivity index (χ0) is 27.4. The summed E-state index contributed by atoms with van der Waals surface area (Å²) in [5, 5.41) is 2.28. The largest absolute Gasteiger partial charge is 0.494 e. The van der Waals surface area contributed by atoms with Crippen molar-refractivity contribution in [2.24, 2.45) is 0 Å². The normalized spacial score (nSPS) is 14.6. The topological polar surface area (TPSA) is 99.1 Å². The molecule has 0 radical (unpaired) electrons. The minimum absolute atomic E-state index is 0.166. The predicted molar refractivity (Wildman–Crippen MR) is 144 cm³/mol. The number of aryl methyl sites for hydroxylation is 1. The van der Waals surface area contributed by atoms with Gasteiger partial charge in [0.2, 0.25) is 0 Å². The predicted octanol–water partition coefficient (Wildman–Crippen LogP) is 4.96. The molecule has 0 unspecified atom stereocenters. The third-order valence-corrected chi connectivity index (χ3v) is 6.06. The molecular weight excluding hydrogens is 486 g/mol. The van der Waals surface area contributed by atoms with Gasteiger partial charge in [-0.15, -0.1) is 0 Å². The Balaban J connectivity index is 1.74. The molecule has 1 aliphatic rings. The summed E-state index contributed by atoms with van der Waals surface area (Å²) in [6, 6.07) is 13.6. The molecule has 1 aliphatic heterocycles. The van der Waals surface area contributed by atoms with Crippen LogP contribution in [0.15, 0.2) is 54.1 Å². The second kappa shape index (κ2) is 11.2. The minimum atomic E-state index is -0.855. The van der Waals surface area contributed by atoms with Crippen LogP contribution in [0, 0.1) is 13.8 Å². The van der Waals surface area contributed by atoms with Gasteiger partial charge in [0.25, 0.3) is 11.8 Å². The van der Waals surface area contributed by atoms with Crippen molar-refractivity contribution in [1.29, 1.82) is 0 Å². The van der Waals surface area contributed by atoms with Crippen LogP contribution in [-0.4, -0.2) is 42.2 Å². The van der Waals surface area contributed by atoms with Crippen molar-refractivity contribution in [3.05, 3.63) is 71.1 Å². The Kier molecular flexibility index (Phi) is 7.85. The molecule has 3 aromatic rings. The van der Waals surface area contributed by atoms with E-state index in [1.807, 2.05) is 62.6 Å². The first-order chi connectivity index (χ1) is 18.3. The smallest absolute Gasteiger partial charge is 0.336 e. The Morgan fingerprint density at radius 1 is 0.816 bits per heavy atom. The highest BCUT2D eigenvalue weighted by atomic mass is 16.5. The van der Waals surface area contributed by atoms with Gasteiger partial charge in [-0.05, 0) is 88.7 Å². The molecule has 0 bridgehead atoms. The van der Waals surface area contributed by atoms with Crippen molar-refractivity contribution in [3.8, 4) is 22.9 Å². The molecular formula is C29H31N3O6. The molecule has 1 fully saturated rings. The summed E-state index contributed by atoms with van der Waals surface area (Å²) in [6.45, 7) is 10.7. The van der Waals surface area contributed by atoms with E-state index in [0.29, 0.717) is 36.9 Å². The number of benzene rings is 2. The maximum Gasteiger partial charge on any atom is 0.336 e. The van der Waals surface area contributed by atoms with Crippen molar-refractivity contribution in [3.63, 3.8) is 0 Å². The van der Waals surface area contributed by atoms with Crippen LogP contribution in [0.25, 0.3) is 11.8 Å². The van der Waals surface area contributed by atoms with Crippen LogP contribution in [0.1, 0.15) is 37.7 Å². The van der Waals surface area contributed by atoms with Gasteiger partial charge in [-0.2, -0.15) is 0 Å².